The molecule has 1 aromatic heterocycles. The molecule has 0 amide bonds. The van der Waals surface area contributed by atoms with E-state index in [0.29, 0.717) is 32.0 Å². The van der Waals surface area contributed by atoms with Crippen LogP contribution in [0.2, 0.25) is 0 Å². The topological polar surface area (TPSA) is 45.6 Å². The summed E-state index contributed by atoms with van der Waals surface area (Å²) in [5, 5.41) is 10.9. The second-order valence-corrected chi connectivity index (χ2v) is 6.27. The maximum Gasteiger partial charge on any atom is 0.0958 e. The molecule has 0 aliphatic carbocycles. The standard InChI is InChI=1S/C16H26N2O2/c1-12(2)14-6-5-13(15(17-14)11-18(3)4)16(19)7-9-20-10-8-16/h5-6,12,19H,7-11H2,1-4H3. The first-order valence-corrected chi connectivity index (χ1v) is 7.37. The van der Waals surface area contributed by atoms with Crippen molar-refractivity contribution < 1.29 is 9.84 Å². The van der Waals surface area contributed by atoms with Crippen molar-refractivity contribution in [2.75, 3.05) is 27.3 Å². The monoisotopic (exact) mass is 278 g/mol. The minimum absolute atomic E-state index is 0.397. The zero-order chi connectivity index (χ0) is 14.8. The summed E-state index contributed by atoms with van der Waals surface area (Å²) < 4.78 is 5.38. The Morgan fingerprint density at radius 1 is 1.30 bits per heavy atom. The van der Waals surface area contributed by atoms with Crippen molar-refractivity contribution in [3.63, 3.8) is 0 Å². The van der Waals surface area contributed by atoms with E-state index >= 15 is 0 Å². The minimum atomic E-state index is -0.786. The van der Waals surface area contributed by atoms with Gasteiger partial charge in [-0.15, -0.1) is 0 Å². The molecule has 4 nitrogen and oxygen atoms in total. The fourth-order valence-corrected chi connectivity index (χ4v) is 2.66. The molecular formula is C16H26N2O2. The number of nitrogens with zero attached hydrogens (tertiary/aromatic N) is 2. The van der Waals surface area contributed by atoms with Crippen LogP contribution in [-0.2, 0) is 16.9 Å². The quantitative estimate of drug-likeness (QED) is 0.917. The van der Waals surface area contributed by atoms with Crippen molar-refractivity contribution in [2.24, 2.45) is 0 Å². The van der Waals surface area contributed by atoms with Crippen LogP contribution in [0.4, 0.5) is 0 Å². The lowest BCUT2D eigenvalue weighted by Gasteiger charge is -2.34. The third-order valence-corrected chi connectivity index (χ3v) is 3.87. The summed E-state index contributed by atoms with van der Waals surface area (Å²) in [7, 11) is 4.06. The first-order chi connectivity index (χ1) is 9.42. The highest BCUT2D eigenvalue weighted by Gasteiger charge is 2.34. The van der Waals surface area contributed by atoms with E-state index in [1.165, 1.54) is 0 Å². The van der Waals surface area contributed by atoms with Gasteiger partial charge < -0.3 is 14.7 Å². The Kier molecular flexibility index (Phi) is 4.78. The van der Waals surface area contributed by atoms with E-state index in [1.54, 1.807) is 0 Å². The lowest BCUT2D eigenvalue weighted by molar-refractivity contribution is -0.0688. The molecule has 0 radical (unpaired) electrons. The second-order valence-electron chi connectivity index (χ2n) is 6.27. The molecule has 1 aliphatic rings. The van der Waals surface area contributed by atoms with E-state index in [1.807, 2.05) is 20.2 Å². The second kappa shape index (κ2) is 6.20. The molecule has 1 saturated heterocycles. The van der Waals surface area contributed by atoms with Crippen molar-refractivity contribution in [1.29, 1.82) is 0 Å². The third kappa shape index (κ3) is 3.37. The molecule has 0 bridgehead atoms. The van der Waals surface area contributed by atoms with E-state index < -0.39 is 5.60 Å². The van der Waals surface area contributed by atoms with Gasteiger partial charge in [-0.3, -0.25) is 4.98 Å². The molecule has 2 heterocycles. The highest BCUT2D eigenvalue weighted by atomic mass is 16.5. The Morgan fingerprint density at radius 3 is 2.50 bits per heavy atom. The van der Waals surface area contributed by atoms with E-state index in [-0.39, 0.29) is 0 Å². The molecule has 0 spiro atoms. The summed E-state index contributed by atoms with van der Waals surface area (Å²) in [6.07, 6.45) is 1.30. The molecule has 0 saturated carbocycles. The molecule has 0 aromatic carbocycles. The lowest BCUT2D eigenvalue weighted by Crippen LogP contribution is -2.35. The summed E-state index contributed by atoms with van der Waals surface area (Å²) in [6.45, 7) is 6.27. The highest BCUT2D eigenvalue weighted by Crippen LogP contribution is 2.34. The molecule has 1 aliphatic heterocycles. The SMILES string of the molecule is CC(C)c1ccc(C2(O)CCOCC2)c(CN(C)C)n1. The van der Waals surface area contributed by atoms with Gasteiger partial charge >= 0.3 is 0 Å². The molecule has 1 aromatic rings. The maximum absolute atomic E-state index is 10.9. The zero-order valence-corrected chi connectivity index (χ0v) is 13.0. The number of hydrogen-bond donors (Lipinski definition) is 1. The smallest absolute Gasteiger partial charge is 0.0958 e. The summed E-state index contributed by atoms with van der Waals surface area (Å²) in [4.78, 5) is 6.89. The summed E-state index contributed by atoms with van der Waals surface area (Å²) >= 11 is 0. The first-order valence-electron chi connectivity index (χ1n) is 7.37. The minimum Gasteiger partial charge on any atom is -0.385 e. The Bertz CT molecular complexity index is 452. The third-order valence-electron chi connectivity index (χ3n) is 3.87. The summed E-state index contributed by atoms with van der Waals surface area (Å²) in [5.74, 6) is 0.397. The van der Waals surface area contributed by atoms with E-state index in [2.05, 4.69) is 24.8 Å². The highest BCUT2D eigenvalue weighted by molar-refractivity contribution is 5.30. The molecule has 20 heavy (non-hydrogen) atoms. The maximum atomic E-state index is 10.9. The van der Waals surface area contributed by atoms with Crippen LogP contribution in [-0.4, -0.2) is 42.3 Å². The average molecular weight is 278 g/mol. The Morgan fingerprint density at radius 2 is 1.95 bits per heavy atom. The van der Waals surface area contributed by atoms with Crippen molar-refractivity contribution in [2.45, 2.75) is 44.8 Å². The van der Waals surface area contributed by atoms with Crippen LogP contribution >= 0.6 is 0 Å². The Hall–Kier alpha value is -0.970. The molecule has 1 fully saturated rings. The molecule has 4 heteroatoms. The number of hydrogen-bond acceptors (Lipinski definition) is 4. The van der Waals surface area contributed by atoms with Crippen LogP contribution in [0.3, 0.4) is 0 Å². The fourth-order valence-electron chi connectivity index (χ4n) is 2.66. The Labute approximate surface area is 121 Å². The van der Waals surface area contributed by atoms with Gasteiger partial charge in [-0.05, 0) is 26.1 Å². The number of rotatable bonds is 4. The molecule has 2 rings (SSSR count). The van der Waals surface area contributed by atoms with Gasteiger partial charge in [-0.25, -0.2) is 0 Å². The van der Waals surface area contributed by atoms with Crippen LogP contribution < -0.4 is 0 Å². The van der Waals surface area contributed by atoms with Gasteiger partial charge in [0.25, 0.3) is 0 Å². The van der Waals surface area contributed by atoms with Crippen molar-refractivity contribution in [3.05, 3.63) is 29.1 Å². The number of ether oxygens (including phenoxy) is 1. The van der Waals surface area contributed by atoms with Gasteiger partial charge in [0.2, 0.25) is 0 Å². The van der Waals surface area contributed by atoms with Crippen LogP contribution in [0.1, 0.15) is 49.6 Å². The van der Waals surface area contributed by atoms with Crippen molar-refractivity contribution in [3.8, 4) is 0 Å². The normalized spacial score (nSPS) is 18.8. The number of pyridine rings is 1. The van der Waals surface area contributed by atoms with Crippen LogP contribution in [0.25, 0.3) is 0 Å². The van der Waals surface area contributed by atoms with E-state index in [9.17, 15) is 5.11 Å². The number of aromatic nitrogens is 1. The van der Waals surface area contributed by atoms with Crippen LogP contribution in [0, 0.1) is 0 Å². The van der Waals surface area contributed by atoms with Gasteiger partial charge in [0.05, 0.1) is 11.3 Å². The van der Waals surface area contributed by atoms with Gasteiger partial charge in [-0.1, -0.05) is 19.9 Å². The van der Waals surface area contributed by atoms with Gasteiger partial charge in [0, 0.05) is 43.9 Å². The van der Waals surface area contributed by atoms with Gasteiger partial charge in [0.1, 0.15) is 0 Å². The van der Waals surface area contributed by atoms with Gasteiger partial charge in [0.15, 0.2) is 0 Å². The largest absolute Gasteiger partial charge is 0.385 e. The lowest BCUT2D eigenvalue weighted by atomic mass is 9.85. The predicted octanol–water partition coefficient (Wildman–Crippen LogP) is 2.26. The molecule has 0 atom stereocenters. The average Bonchev–Trinajstić information content (AvgIpc) is 2.38. The first kappa shape index (κ1) is 15.4. The molecular weight excluding hydrogens is 252 g/mol. The summed E-state index contributed by atoms with van der Waals surface area (Å²) in [6, 6.07) is 4.11. The molecule has 1 N–H and O–H groups in total. The van der Waals surface area contributed by atoms with E-state index in [4.69, 9.17) is 9.72 Å². The number of aliphatic hydroxyl groups is 1. The van der Waals surface area contributed by atoms with Gasteiger partial charge in [-0.2, -0.15) is 0 Å². The molecule has 112 valence electrons. The van der Waals surface area contributed by atoms with Crippen molar-refractivity contribution in [1.82, 2.24) is 9.88 Å². The Balaban J connectivity index is 2.39. The summed E-state index contributed by atoms with van der Waals surface area (Å²) in [5.41, 5.74) is 2.26. The van der Waals surface area contributed by atoms with Crippen LogP contribution in [0.5, 0.6) is 0 Å². The van der Waals surface area contributed by atoms with Crippen LogP contribution in [0.15, 0.2) is 12.1 Å². The van der Waals surface area contributed by atoms with E-state index in [0.717, 1.165) is 23.5 Å². The zero-order valence-electron chi connectivity index (χ0n) is 13.0. The predicted molar refractivity (Wildman–Crippen MR) is 79.7 cm³/mol. The molecule has 0 unspecified atom stereocenters. The van der Waals surface area contributed by atoms with Crippen molar-refractivity contribution >= 4 is 0 Å². The fraction of sp³-hybridized carbons (Fsp3) is 0.688.